The zero-order valence-electron chi connectivity index (χ0n) is 36.4. The van der Waals surface area contributed by atoms with E-state index >= 15 is 0 Å². The number of fused-ring (bicyclic) bond motifs is 3. The van der Waals surface area contributed by atoms with Crippen molar-refractivity contribution in [2.75, 3.05) is 40.2 Å². The zero-order chi connectivity index (χ0) is 45.5. The van der Waals surface area contributed by atoms with Gasteiger partial charge in [0.25, 0.3) is 5.69 Å². The molecule has 6 N–H and O–H groups in total. The molecule has 0 saturated heterocycles. The first-order valence-electron chi connectivity index (χ1n) is 21.7. The second-order valence-corrected chi connectivity index (χ2v) is 15.8. The lowest BCUT2D eigenvalue weighted by atomic mass is 10.1. The number of nitrogens with two attached hydrogens (primary N) is 1. The largest absolute Gasteiger partial charge is 0.462 e. The van der Waals surface area contributed by atoms with Crippen molar-refractivity contribution in [1.82, 2.24) is 15.0 Å². The molecule has 3 aliphatic carbocycles. The van der Waals surface area contributed by atoms with Gasteiger partial charge in [-0.2, -0.15) is 0 Å². The van der Waals surface area contributed by atoms with Crippen LogP contribution in [-0.2, 0) is 57.6 Å². The fourth-order valence-electron chi connectivity index (χ4n) is 8.02. The standard InChI is InChI=1S/C22H25N3O4.C14H13N3O2.C14H15N3/c1-3-28-21(26)19(22(27)29-4-2)14-23-17-9-10-20(24-13-17)25-18-11-15-7-5-6-8-16(15)12-18;18-17(19)13-5-6-14(15-9-13)16-12-7-10-3-1-2-4-11(10)8-12;15-12-5-6-14(16-9-12)17-13-7-10-3-1-2-4-11(10)8-13/h5-10,13-14,18,23H,3-4,11-12H2,1-2H3,(H,24,25);1-6,9,12H,7-8H2,(H,15,16);1-6,9,13H,7-8,15H2,(H,16,17). The molecular weight excluding hydrogens is 823 g/mol. The van der Waals surface area contributed by atoms with E-state index in [0.717, 1.165) is 50.2 Å². The summed E-state index contributed by atoms with van der Waals surface area (Å²) >= 11 is 0. The SMILES string of the molecule is CCOC(=O)C(=CNc1ccc(NC2Cc3ccccc3C2)nc1)C(=O)OCC.Nc1ccc(NC2Cc3ccccc3C2)nc1.O=[N+]([O-])c1ccc(NC2Cc3ccccc3C2)nc1. The van der Waals surface area contributed by atoms with Crippen molar-refractivity contribution in [3.05, 3.63) is 183 Å². The number of nitrogen functional groups attached to an aromatic ring is 1. The number of aromatic nitrogens is 3. The van der Waals surface area contributed by atoms with Crippen LogP contribution in [0.4, 0.5) is 34.5 Å². The van der Waals surface area contributed by atoms with Gasteiger partial charge in [-0.25, -0.2) is 24.5 Å². The highest BCUT2D eigenvalue weighted by atomic mass is 16.6. The van der Waals surface area contributed by atoms with Crippen molar-refractivity contribution in [2.24, 2.45) is 0 Å². The molecule has 3 aromatic carbocycles. The van der Waals surface area contributed by atoms with E-state index in [1.807, 2.05) is 36.4 Å². The lowest BCUT2D eigenvalue weighted by molar-refractivity contribution is -0.385. The number of benzene rings is 3. The van der Waals surface area contributed by atoms with Crippen LogP contribution in [0.15, 0.2) is 140 Å². The molecule has 3 heterocycles. The molecule has 65 heavy (non-hydrogen) atoms. The number of nitrogens with one attached hydrogen (secondary N) is 4. The summed E-state index contributed by atoms with van der Waals surface area (Å²) in [6.45, 7) is 3.68. The smallest absolute Gasteiger partial charge is 0.347 e. The number of carbonyl (C=O) groups is 2. The first-order chi connectivity index (χ1) is 31.6. The van der Waals surface area contributed by atoms with Gasteiger partial charge in [-0.1, -0.05) is 72.8 Å². The molecule has 6 aromatic rings. The maximum absolute atomic E-state index is 12.0. The summed E-state index contributed by atoms with van der Waals surface area (Å²) in [6, 6.07) is 37.1. The molecule has 0 bridgehead atoms. The third-order valence-corrected chi connectivity index (χ3v) is 11.1. The third-order valence-electron chi connectivity index (χ3n) is 11.1. The number of pyridine rings is 3. The van der Waals surface area contributed by atoms with Crippen LogP contribution >= 0.6 is 0 Å². The quantitative estimate of drug-likeness (QED) is 0.0187. The van der Waals surface area contributed by atoms with Gasteiger partial charge in [0.2, 0.25) is 0 Å². The van der Waals surface area contributed by atoms with Gasteiger partial charge in [0.05, 0.1) is 41.9 Å². The van der Waals surface area contributed by atoms with E-state index < -0.39 is 16.9 Å². The Kier molecular flexibility index (Phi) is 15.3. The third kappa shape index (κ3) is 12.7. The number of nitrogens with zero attached hydrogens (tertiary/aromatic N) is 4. The second kappa shape index (κ2) is 22.0. The molecule has 15 nitrogen and oxygen atoms in total. The number of ether oxygens (including phenoxy) is 2. The minimum Gasteiger partial charge on any atom is -0.462 e. The highest BCUT2D eigenvalue weighted by molar-refractivity contribution is 6.14. The summed E-state index contributed by atoms with van der Waals surface area (Å²) in [6.07, 6.45) is 11.9. The number of rotatable bonds is 13. The Labute approximate surface area is 378 Å². The Balaban J connectivity index is 0.000000152. The normalized spacial score (nSPS) is 13.6. The van der Waals surface area contributed by atoms with Crippen LogP contribution in [0.3, 0.4) is 0 Å². The van der Waals surface area contributed by atoms with Gasteiger partial charge in [0, 0.05) is 30.4 Å². The summed E-state index contributed by atoms with van der Waals surface area (Å²) in [4.78, 5) is 46.8. The topological polar surface area (TPSA) is 209 Å². The van der Waals surface area contributed by atoms with E-state index in [1.54, 1.807) is 32.3 Å². The van der Waals surface area contributed by atoms with Crippen LogP contribution < -0.4 is 27.0 Å². The molecule has 0 radical (unpaired) electrons. The number of esters is 2. The first-order valence-corrected chi connectivity index (χ1v) is 21.7. The van der Waals surface area contributed by atoms with Gasteiger partial charge >= 0.3 is 11.9 Å². The van der Waals surface area contributed by atoms with Crippen LogP contribution in [0.25, 0.3) is 0 Å². The molecule has 334 valence electrons. The molecule has 0 unspecified atom stereocenters. The summed E-state index contributed by atoms with van der Waals surface area (Å²) in [5, 5.41) is 23.7. The highest BCUT2D eigenvalue weighted by Gasteiger charge is 2.24. The lowest BCUT2D eigenvalue weighted by Crippen LogP contribution is -2.20. The summed E-state index contributed by atoms with van der Waals surface area (Å²) in [5.41, 5.74) is 15.1. The molecule has 0 aliphatic heterocycles. The van der Waals surface area contributed by atoms with E-state index in [4.69, 9.17) is 15.2 Å². The second-order valence-electron chi connectivity index (χ2n) is 15.8. The first kappa shape index (κ1) is 45.2. The van der Waals surface area contributed by atoms with Crippen molar-refractivity contribution < 1.29 is 24.0 Å². The predicted molar refractivity (Wildman–Crippen MR) is 253 cm³/mol. The Hall–Kier alpha value is -7.81. The minimum absolute atomic E-state index is 0.0141. The van der Waals surface area contributed by atoms with Crippen LogP contribution in [0, 0.1) is 10.1 Å². The van der Waals surface area contributed by atoms with E-state index in [0.29, 0.717) is 35.3 Å². The molecule has 3 aromatic heterocycles. The van der Waals surface area contributed by atoms with Gasteiger partial charge in [-0.15, -0.1) is 0 Å². The van der Waals surface area contributed by atoms with Crippen molar-refractivity contribution >= 4 is 46.5 Å². The Morgan fingerprint density at radius 1 is 0.600 bits per heavy atom. The maximum atomic E-state index is 12.0. The molecule has 9 rings (SSSR count). The average molecular weight is 876 g/mol. The maximum Gasteiger partial charge on any atom is 0.347 e. The molecule has 0 atom stereocenters. The van der Waals surface area contributed by atoms with Crippen molar-refractivity contribution in [3.8, 4) is 0 Å². The van der Waals surface area contributed by atoms with Gasteiger partial charge in [-0.05, 0) is 116 Å². The summed E-state index contributed by atoms with van der Waals surface area (Å²) < 4.78 is 9.81. The molecular formula is C50H53N9O6. The number of hydrogen-bond acceptors (Lipinski definition) is 14. The number of nitro groups is 1. The van der Waals surface area contributed by atoms with Crippen molar-refractivity contribution in [2.45, 2.75) is 70.5 Å². The van der Waals surface area contributed by atoms with E-state index in [1.165, 1.54) is 51.8 Å². The molecule has 3 aliphatic rings. The van der Waals surface area contributed by atoms with Crippen LogP contribution in [0.1, 0.15) is 47.2 Å². The fraction of sp³-hybridized carbons (Fsp3) is 0.260. The fourth-order valence-corrected chi connectivity index (χ4v) is 8.02. The van der Waals surface area contributed by atoms with E-state index in [9.17, 15) is 19.7 Å². The van der Waals surface area contributed by atoms with E-state index in [2.05, 4.69) is 96.9 Å². The van der Waals surface area contributed by atoms with Crippen LogP contribution in [0.5, 0.6) is 0 Å². The van der Waals surface area contributed by atoms with Crippen molar-refractivity contribution in [3.63, 3.8) is 0 Å². The Morgan fingerprint density at radius 3 is 1.31 bits per heavy atom. The molecule has 0 amide bonds. The van der Waals surface area contributed by atoms with Gasteiger partial charge in [0.15, 0.2) is 5.57 Å². The lowest BCUT2D eigenvalue weighted by Gasteiger charge is -2.13. The van der Waals surface area contributed by atoms with E-state index in [-0.39, 0.29) is 24.5 Å². The number of hydrogen-bond donors (Lipinski definition) is 5. The average Bonchev–Trinajstić information content (AvgIpc) is 4.04. The molecule has 0 spiro atoms. The van der Waals surface area contributed by atoms with Crippen LogP contribution in [-0.4, -0.2) is 63.2 Å². The molecule has 0 fully saturated rings. The minimum atomic E-state index is -0.731. The summed E-state index contributed by atoms with van der Waals surface area (Å²) in [7, 11) is 0. The van der Waals surface area contributed by atoms with Crippen molar-refractivity contribution in [1.29, 1.82) is 0 Å². The number of anilines is 5. The monoisotopic (exact) mass is 875 g/mol. The van der Waals surface area contributed by atoms with Crippen LogP contribution in [0.2, 0.25) is 0 Å². The summed E-state index contributed by atoms with van der Waals surface area (Å²) in [5.74, 6) is 0.893. The van der Waals surface area contributed by atoms with Gasteiger partial charge in [-0.3, -0.25) is 10.1 Å². The van der Waals surface area contributed by atoms with Gasteiger partial charge in [0.1, 0.15) is 23.7 Å². The Morgan fingerprint density at radius 2 is 0.985 bits per heavy atom. The highest BCUT2D eigenvalue weighted by Crippen LogP contribution is 2.27. The zero-order valence-corrected chi connectivity index (χ0v) is 36.4. The Bertz CT molecular complexity index is 2490. The molecule has 15 heteroatoms. The molecule has 0 saturated carbocycles. The van der Waals surface area contributed by atoms with Gasteiger partial charge < -0.3 is 36.5 Å². The predicted octanol–water partition coefficient (Wildman–Crippen LogP) is 7.90. The number of carbonyl (C=O) groups excluding carboxylic acids is 2.